The van der Waals surface area contributed by atoms with Gasteiger partial charge in [0, 0.05) is 5.33 Å². The molecule has 1 aromatic rings. The SMILES string of the molecule is FC(F)OCCc1ccc(CBr)cc1. The van der Waals surface area contributed by atoms with Gasteiger partial charge < -0.3 is 4.74 Å². The average Bonchev–Trinajstić information content (AvgIpc) is 2.18. The van der Waals surface area contributed by atoms with Gasteiger partial charge in [-0.3, -0.25) is 0 Å². The number of alkyl halides is 3. The van der Waals surface area contributed by atoms with Gasteiger partial charge in [-0.25, -0.2) is 0 Å². The van der Waals surface area contributed by atoms with Crippen molar-refractivity contribution in [3.8, 4) is 0 Å². The summed E-state index contributed by atoms with van der Waals surface area (Å²) in [6.07, 6.45) is 0.521. The Hall–Kier alpha value is -0.480. The molecule has 0 unspecified atom stereocenters. The smallest absolute Gasteiger partial charge is 0.323 e. The van der Waals surface area contributed by atoms with Crippen LogP contribution in [0.3, 0.4) is 0 Å². The van der Waals surface area contributed by atoms with Crippen molar-refractivity contribution in [1.29, 1.82) is 0 Å². The minimum atomic E-state index is -2.67. The number of hydrogen-bond acceptors (Lipinski definition) is 1. The zero-order chi connectivity index (χ0) is 10.4. The van der Waals surface area contributed by atoms with E-state index in [1.807, 2.05) is 24.3 Å². The number of rotatable bonds is 5. The van der Waals surface area contributed by atoms with E-state index in [1.54, 1.807) is 0 Å². The van der Waals surface area contributed by atoms with Gasteiger partial charge >= 0.3 is 6.61 Å². The largest absolute Gasteiger partial charge is 0.345 e. The monoisotopic (exact) mass is 264 g/mol. The van der Waals surface area contributed by atoms with E-state index in [0.717, 1.165) is 10.9 Å². The van der Waals surface area contributed by atoms with Crippen molar-refractivity contribution in [3.05, 3.63) is 35.4 Å². The zero-order valence-electron chi connectivity index (χ0n) is 7.55. The molecule has 1 aromatic carbocycles. The van der Waals surface area contributed by atoms with Crippen LogP contribution in [0.2, 0.25) is 0 Å². The van der Waals surface area contributed by atoms with Crippen LogP contribution in [0.5, 0.6) is 0 Å². The molecule has 0 bridgehead atoms. The van der Waals surface area contributed by atoms with E-state index in [4.69, 9.17) is 0 Å². The van der Waals surface area contributed by atoms with E-state index in [0.29, 0.717) is 6.42 Å². The fourth-order valence-electron chi connectivity index (χ4n) is 1.06. The minimum Gasteiger partial charge on any atom is -0.323 e. The number of hydrogen-bond donors (Lipinski definition) is 0. The van der Waals surface area contributed by atoms with Crippen LogP contribution in [0.15, 0.2) is 24.3 Å². The van der Waals surface area contributed by atoms with Crippen LogP contribution >= 0.6 is 15.9 Å². The quantitative estimate of drug-likeness (QED) is 0.742. The lowest BCUT2D eigenvalue weighted by Gasteiger charge is -2.03. The first-order valence-corrected chi connectivity index (χ1v) is 5.38. The average molecular weight is 265 g/mol. The standard InChI is InChI=1S/C10H11BrF2O/c11-7-9-3-1-8(2-4-9)5-6-14-10(12)13/h1-4,10H,5-7H2. The van der Waals surface area contributed by atoms with Crippen molar-refractivity contribution in [3.63, 3.8) is 0 Å². The van der Waals surface area contributed by atoms with Gasteiger partial charge in [0.05, 0.1) is 6.61 Å². The summed E-state index contributed by atoms with van der Waals surface area (Å²) in [5.41, 5.74) is 2.18. The third kappa shape index (κ3) is 4.15. The van der Waals surface area contributed by atoms with Gasteiger partial charge in [0.25, 0.3) is 0 Å². The van der Waals surface area contributed by atoms with Crippen LogP contribution in [0.25, 0.3) is 0 Å². The molecule has 0 radical (unpaired) electrons. The molecule has 0 spiro atoms. The highest BCUT2D eigenvalue weighted by Gasteiger charge is 2.01. The summed E-state index contributed by atoms with van der Waals surface area (Å²) in [5.74, 6) is 0. The second-order valence-electron chi connectivity index (χ2n) is 2.83. The second-order valence-corrected chi connectivity index (χ2v) is 3.39. The first-order valence-electron chi connectivity index (χ1n) is 4.26. The first-order chi connectivity index (χ1) is 6.72. The van der Waals surface area contributed by atoms with Gasteiger partial charge in [-0.2, -0.15) is 8.78 Å². The van der Waals surface area contributed by atoms with Gasteiger partial charge in [-0.15, -0.1) is 0 Å². The number of benzene rings is 1. The Balaban J connectivity index is 2.36. The highest BCUT2D eigenvalue weighted by Crippen LogP contribution is 2.08. The molecular formula is C10H11BrF2O. The van der Waals surface area contributed by atoms with Crippen LogP contribution in [0.1, 0.15) is 11.1 Å². The van der Waals surface area contributed by atoms with Gasteiger partial charge in [-0.1, -0.05) is 40.2 Å². The lowest BCUT2D eigenvalue weighted by Crippen LogP contribution is -2.03. The topological polar surface area (TPSA) is 9.23 Å². The Labute approximate surface area is 90.2 Å². The van der Waals surface area contributed by atoms with Gasteiger partial charge in [0.2, 0.25) is 0 Å². The fraction of sp³-hybridized carbons (Fsp3) is 0.400. The van der Waals surface area contributed by atoms with Crippen molar-refractivity contribution >= 4 is 15.9 Å². The summed E-state index contributed by atoms with van der Waals surface area (Å²) in [7, 11) is 0. The molecule has 0 heterocycles. The van der Waals surface area contributed by atoms with Crippen molar-refractivity contribution in [2.45, 2.75) is 18.4 Å². The molecule has 0 aliphatic heterocycles. The van der Waals surface area contributed by atoms with Gasteiger partial charge in [-0.05, 0) is 17.5 Å². The zero-order valence-corrected chi connectivity index (χ0v) is 9.14. The summed E-state index contributed by atoms with van der Waals surface area (Å²) >= 11 is 3.33. The molecule has 1 nitrogen and oxygen atoms in total. The molecule has 0 N–H and O–H groups in total. The molecule has 0 saturated heterocycles. The second kappa shape index (κ2) is 6.09. The van der Waals surface area contributed by atoms with E-state index in [1.165, 1.54) is 5.56 Å². The van der Waals surface area contributed by atoms with Gasteiger partial charge in [0.15, 0.2) is 0 Å². The molecule has 0 fully saturated rings. The summed E-state index contributed by atoms with van der Waals surface area (Å²) < 4.78 is 27.4. The molecular weight excluding hydrogens is 254 g/mol. The van der Waals surface area contributed by atoms with Crippen LogP contribution < -0.4 is 0 Å². The van der Waals surface area contributed by atoms with Crippen LogP contribution in [-0.2, 0) is 16.5 Å². The van der Waals surface area contributed by atoms with Crippen molar-refractivity contribution in [1.82, 2.24) is 0 Å². The highest BCUT2D eigenvalue weighted by atomic mass is 79.9. The summed E-state index contributed by atoms with van der Waals surface area (Å²) in [6.45, 7) is -2.61. The predicted octanol–water partition coefficient (Wildman–Crippen LogP) is 3.36. The van der Waals surface area contributed by atoms with Crippen molar-refractivity contribution < 1.29 is 13.5 Å². The molecule has 0 saturated carbocycles. The molecule has 14 heavy (non-hydrogen) atoms. The molecule has 0 aliphatic carbocycles. The van der Waals surface area contributed by atoms with Crippen LogP contribution in [0.4, 0.5) is 8.78 Å². The van der Waals surface area contributed by atoms with Crippen molar-refractivity contribution in [2.75, 3.05) is 6.61 Å². The van der Waals surface area contributed by atoms with Gasteiger partial charge in [0.1, 0.15) is 0 Å². The molecule has 0 amide bonds. The lowest BCUT2D eigenvalue weighted by atomic mass is 10.1. The Morgan fingerprint density at radius 1 is 1.14 bits per heavy atom. The summed E-state index contributed by atoms with van der Waals surface area (Å²) in [6, 6.07) is 7.77. The molecule has 0 aliphatic rings. The van der Waals surface area contributed by atoms with E-state index in [-0.39, 0.29) is 6.61 Å². The molecule has 4 heteroatoms. The van der Waals surface area contributed by atoms with E-state index >= 15 is 0 Å². The Kier molecular flexibility index (Phi) is 5.04. The Bertz CT molecular complexity index is 261. The highest BCUT2D eigenvalue weighted by molar-refractivity contribution is 9.08. The molecule has 0 aromatic heterocycles. The Morgan fingerprint density at radius 3 is 2.21 bits per heavy atom. The Morgan fingerprint density at radius 2 is 1.71 bits per heavy atom. The molecule has 78 valence electrons. The van der Waals surface area contributed by atoms with Crippen molar-refractivity contribution in [2.24, 2.45) is 0 Å². The lowest BCUT2D eigenvalue weighted by molar-refractivity contribution is -0.127. The number of halogens is 3. The molecule has 1 rings (SSSR count). The normalized spacial score (nSPS) is 10.9. The third-order valence-corrected chi connectivity index (χ3v) is 2.46. The fourth-order valence-corrected chi connectivity index (χ4v) is 1.43. The number of ether oxygens (including phenoxy) is 1. The summed E-state index contributed by atoms with van der Waals surface area (Å²) in [5, 5.41) is 0.806. The maximum absolute atomic E-state index is 11.6. The minimum absolute atomic E-state index is 0.0608. The third-order valence-electron chi connectivity index (χ3n) is 1.81. The van der Waals surface area contributed by atoms with Crippen LogP contribution in [0, 0.1) is 0 Å². The molecule has 0 atom stereocenters. The van der Waals surface area contributed by atoms with E-state index in [9.17, 15) is 8.78 Å². The maximum Gasteiger partial charge on any atom is 0.345 e. The van der Waals surface area contributed by atoms with E-state index < -0.39 is 6.61 Å². The first kappa shape index (κ1) is 11.6. The maximum atomic E-state index is 11.6. The van der Waals surface area contributed by atoms with Crippen LogP contribution in [-0.4, -0.2) is 13.2 Å². The summed E-state index contributed by atoms with van der Waals surface area (Å²) in [4.78, 5) is 0. The predicted molar refractivity (Wildman–Crippen MR) is 54.7 cm³/mol. The van der Waals surface area contributed by atoms with E-state index in [2.05, 4.69) is 20.7 Å².